The third kappa shape index (κ3) is 4.29. The van der Waals surface area contributed by atoms with Crippen molar-refractivity contribution in [1.29, 1.82) is 0 Å². The van der Waals surface area contributed by atoms with Gasteiger partial charge in [-0.25, -0.2) is 4.98 Å². The Morgan fingerprint density at radius 1 is 1.21 bits per heavy atom. The maximum Gasteiger partial charge on any atom is 0.275 e. The third-order valence-corrected chi connectivity index (χ3v) is 5.99. The van der Waals surface area contributed by atoms with Crippen molar-refractivity contribution in [1.82, 2.24) is 19.6 Å². The first kappa shape index (κ1) is 18.4. The van der Waals surface area contributed by atoms with Gasteiger partial charge >= 0.3 is 0 Å². The van der Waals surface area contributed by atoms with Crippen LogP contribution in [0.25, 0.3) is 17.1 Å². The molecule has 0 radical (unpaired) electrons. The number of ether oxygens (including phenoxy) is 1. The van der Waals surface area contributed by atoms with Crippen LogP contribution >= 0.6 is 23.1 Å². The standard InChI is InChI=1S/C20H16N4O2S2/c1-26-17-6-2-4-15(10-17)13-27-20-23-24-18(25)11-16(22-19(24)28-20)8-7-14-5-3-9-21-12-14/h2-12H,13H2,1H3/b8-7+. The molecule has 0 N–H and O–H groups in total. The molecular formula is C20H16N4O2S2. The number of hydrogen-bond acceptors (Lipinski definition) is 7. The summed E-state index contributed by atoms with van der Waals surface area (Å²) < 4.78 is 7.39. The minimum Gasteiger partial charge on any atom is -0.497 e. The summed E-state index contributed by atoms with van der Waals surface area (Å²) in [5.74, 6) is 1.56. The molecule has 0 saturated heterocycles. The van der Waals surface area contributed by atoms with Crippen molar-refractivity contribution >= 4 is 40.2 Å². The average Bonchev–Trinajstić information content (AvgIpc) is 3.15. The molecule has 28 heavy (non-hydrogen) atoms. The number of benzene rings is 1. The average molecular weight is 409 g/mol. The highest BCUT2D eigenvalue weighted by Gasteiger charge is 2.09. The molecule has 0 aliphatic carbocycles. The van der Waals surface area contributed by atoms with E-state index in [-0.39, 0.29) is 5.56 Å². The highest BCUT2D eigenvalue weighted by Crippen LogP contribution is 2.27. The smallest absolute Gasteiger partial charge is 0.275 e. The van der Waals surface area contributed by atoms with E-state index in [1.807, 2.05) is 42.5 Å². The van der Waals surface area contributed by atoms with Crippen LogP contribution in [0.3, 0.4) is 0 Å². The molecule has 0 atom stereocenters. The van der Waals surface area contributed by atoms with E-state index < -0.39 is 0 Å². The lowest BCUT2D eigenvalue weighted by molar-refractivity contribution is 0.414. The lowest BCUT2D eigenvalue weighted by atomic mass is 10.2. The fourth-order valence-corrected chi connectivity index (χ4v) is 4.41. The van der Waals surface area contributed by atoms with Gasteiger partial charge in [-0.2, -0.15) is 4.52 Å². The van der Waals surface area contributed by atoms with Crippen LogP contribution in [0, 0.1) is 0 Å². The summed E-state index contributed by atoms with van der Waals surface area (Å²) in [4.78, 5) is 21.6. The molecule has 0 bridgehead atoms. The molecule has 0 fully saturated rings. The number of thioether (sulfide) groups is 1. The molecule has 0 saturated carbocycles. The Morgan fingerprint density at radius 2 is 2.14 bits per heavy atom. The largest absolute Gasteiger partial charge is 0.497 e. The first-order valence-electron chi connectivity index (χ1n) is 8.46. The molecule has 4 rings (SSSR count). The van der Waals surface area contributed by atoms with Gasteiger partial charge in [0.15, 0.2) is 4.34 Å². The van der Waals surface area contributed by atoms with Crippen molar-refractivity contribution in [2.75, 3.05) is 7.11 Å². The van der Waals surface area contributed by atoms with E-state index in [1.165, 1.54) is 21.9 Å². The molecule has 0 amide bonds. The quantitative estimate of drug-likeness (QED) is 0.449. The molecule has 3 heterocycles. The number of aromatic nitrogens is 4. The molecule has 0 aliphatic rings. The first-order chi connectivity index (χ1) is 13.7. The maximum absolute atomic E-state index is 12.4. The van der Waals surface area contributed by atoms with E-state index in [0.29, 0.717) is 10.7 Å². The second-order valence-electron chi connectivity index (χ2n) is 5.84. The van der Waals surface area contributed by atoms with Gasteiger partial charge in [-0.05, 0) is 35.4 Å². The molecular weight excluding hydrogens is 392 g/mol. The summed E-state index contributed by atoms with van der Waals surface area (Å²) in [5, 5.41) is 4.39. The maximum atomic E-state index is 12.4. The summed E-state index contributed by atoms with van der Waals surface area (Å²) in [6.07, 6.45) is 7.16. The van der Waals surface area contributed by atoms with Gasteiger partial charge in [-0.15, -0.1) is 5.10 Å². The van der Waals surface area contributed by atoms with Crippen LogP contribution in [0.2, 0.25) is 0 Å². The van der Waals surface area contributed by atoms with Crippen LogP contribution in [0.5, 0.6) is 5.75 Å². The molecule has 6 nitrogen and oxygen atoms in total. The molecule has 8 heteroatoms. The minimum absolute atomic E-state index is 0.194. The van der Waals surface area contributed by atoms with Crippen LogP contribution in [0.4, 0.5) is 0 Å². The van der Waals surface area contributed by atoms with Crippen LogP contribution < -0.4 is 10.3 Å². The third-order valence-electron chi connectivity index (χ3n) is 3.87. The van der Waals surface area contributed by atoms with E-state index in [0.717, 1.165) is 27.0 Å². The van der Waals surface area contributed by atoms with Gasteiger partial charge in [0, 0.05) is 24.2 Å². The predicted octanol–water partition coefficient (Wildman–Crippen LogP) is 4.02. The number of pyridine rings is 1. The molecule has 0 spiro atoms. The van der Waals surface area contributed by atoms with E-state index >= 15 is 0 Å². The Kier molecular flexibility index (Phi) is 5.50. The zero-order valence-corrected chi connectivity index (χ0v) is 16.6. The second kappa shape index (κ2) is 8.37. The van der Waals surface area contributed by atoms with Crippen molar-refractivity contribution in [2.45, 2.75) is 10.1 Å². The van der Waals surface area contributed by atoms with E-state index in [1.54, 1.807) is 37.3 Å². The fraction of sp³-hybridized carbons (Fsp3) is 0.100. The Hall–Kier alpha value is -2.97. The minimum atomic E-state index is -0.194. The Labute approximate surface area is 169 Å². The van der Waals surface area contributed by atoms with Crippen molar-refractivity contribution < 1.29 is 4.74 Å². The van der Waals surface area contributed by atoms with Crippen LogP contribution in [-0.4, -0.2) is 26.7 Å². The summed E-state index contributed by atoms with van der Waals surface area (Å²) >= 11 is 2.97. The molecule has 140 valence electrons. The van der Waals surface area contributed by atoms with E-state index in [4.69, 9.17) is 4.74 Å². The number of nitrogens with zero attached hydrogens (tertiary/aromatic N) is 4. The monoisotopic (exact) mass is 408 g/mol. The molecule has 4 aromatic rings. The van der Waals surface area contributed by atoms with Gasteiger partial charge < -0.3 is 4.74 Å². The van der Waals surface area contributed by atoms with Crippen LogP contribution in [-0.2, 0) is 5.75 Å². The van der Waals surface area contributed by atoms with Gasteiger partial charge in [0.05, 0.1) is 12.8 Å². The van der Waals surface area contributed by atoms with Crippen molar-refractivity contribution in [2.24, 2.45) is 0 Å². The Morgan fingerprint density at radius 3 is 2.96 bits per heavy atom. The number of rotatable bonds is 6. The van der Waals surface area contributed by atoms with Crippen molar-refractivity contribution in [3.8, 4) is 5.75 Å². The summed E-state index contributed by atoms with van der Waals surface area (Å²) in [5.41, 5.74) is 2.48. The lowest BCUT2D eigenvalue weighted by Gasteiger charge is -2.02. The lowest BCUT2D eigenvalue weighted by Crippen LogP contribution is -2.14. The summed E-state index contributed by atoms with van der Waals surface area (Å²) in [7, 11) is 1.65. The Bertz CT molecular complexity index is 1190. The predicted molar refractivity (Wildman–Crippen MR) is 113 cm³/mol. The van der Waals surface area contributed by atoms with Gasteiger partial charge in [-0.3, -0.25) is 9.78 Å². The Balaban J connectivity index is 1.54. The summed E-state index contributed by atoms with van der Waals surface area (Å²) in [6.45, 7) is 0. The van der Waals surface area contributed by atoms with Gasteiger partial charge in [0.1, 0.15) is 5.75 Å². The summed E-state index contributed by atoms with van der Waals surface area (Å²) in [6, 6.07) is 13.2. The molecule has 0 unspecified atom stereocenters. The number of fused-ring (bicyclic) bond motifs is 1. The first-order valence-corrected chi connectivity index (χ1v) is 10.3. The highest BCUT2D eigenvalue weighted by molar-refractivity contribution is 8.00. The SMILES string of the molecule is COc1cccc(CSc2nn3c(=O)cc(/C=C/c4cccnc4)nc3s2)c1. The van der Waals surface area contributed by atoms with Crippen LogP contribution in [0.1, 0.15) is 16.8 Å². The zero-order valence-electron chi connectivity index (χ0n) is 15.0. The molecule has 1 aromatic carbocycles. The van der Waals surface area contributed by atoms with E-state index in [9.17, 15) is 4.79 Å². The molecule has 3 aromatic heterocycles. The highest BCUT2D eigenvalue weighted by atomic mass is 32.2. The van der Waals surface area contributed by atoms with Gasteiger partial charge in [-0.1, -0.05) is 47.4 Å². The topological polar surface area (TPSA) is 69.4 Å². The normalized spacial score (nSPS) is 11.3. The van der Waals surface area contributed by atoms with Gasteiger partial charge in [0.2, 0.25) is 4.96 Å². The fourth-order valence-electron chi connectivity index (χ4n) is 2.52. The van der Waals surface area contributed by atoms with Crippen LogP contribution in [0.15, 0.2) is 64.0 Å². The van der Waals surface area contributed by atoms with Crippen molar-refractivity contribution in [3.05, 3.63) is 82.0 Å². The zero-order chi connectivity index (χ0) is 19.3. The van der Waals surface area contributed by atoms with E-state index in [2.05, 4.69) is 15.1 Å². The molecule has 0 aliphatic heterocycles. The van der Waals surface area contributed by atoms with Gasteiger partial charge in [0.25, 0.3) is 5.56 Å². The van der Waals surface area contributed by atoms with Crippen molar-refractivity contribution in [3.63, 3.8) is 0 Å². The number of hydrogen-bond donors (Lipinski definition) is 0. The second-order valence-corrected chi connectivity index (χ2v) is 8.02. The number of methoxy groups -OCH3 is 1.